The predicted molar refractivity (Wildman–Crippen MR) is 72.3 cm³/mol. The van der Waals surface area contributed by atoms with Crippen LogP contribution in [0.4, 0.5) is 11.5 Å². The van der Waals surface area contributed by atoms with Crippen molar-refractivity contribution in [2.24, 2.45) is 0 Å². The largest absolute Gasteiger partial charge is 0.396 e. The summed E-state index contributed by atoms with van der Waals surface area (Å²) in [5, 5.41) is 19.9. The summed E-state index contributed by atoms with van der Waals surface area (Å²) in [6.45, 7) is 2.91. The highest BCUT2D eigenvalue weighted by molar-refractivity contribution is 5.51. The molecule has 104 valence electrons. The smallest absolute Gasteiger partial charge is 0.287 e. The van der Waals surface area contributed by atoms with Crippen LogP contribution in [0.2, 0.25) is 0 Å². The molecule has 0 amide bonds. The molecule has 1 saturated heterocycles. The fourth-order valence-electron chi connectivity index (χ4n) is 2.68. The zero-order chi connectivity index (χ0) is 13.8. The zero-order valence-electron chi connectivity index (χ0n) is 11.1. The van der Waals surface area contributed by atoms with Gasteiger partial charge in [-0.15, -0.1) is 0 Å². The molecule has 1 N–H and O–H groups in total. The van der Waals surface area contributed by atoms with Crippen molar-refractivity contribution in [2.45, 2.75) is 38.6 Å². The van der Waals surface area contributed by atoms with Gasteiger partial charge in [0, 0.05) is 25.3 Å². The van der Waals surface area contributed by atoms with Crippen LogP contribution in [0.15, 0.2) is 12.3 Å². The number of aryl methyl sites for hydroxylation is 1. The van der Waals surface area contributed by atoms with Crippen molar-refractivity contribution in [3.8, 4) is 0 Å². The number of anilines is 1. The van der Waals surface area contributed by atoms with Crippen molar-refractivity contribution in [1.82, 2.24) is 4.98 Å². The van der Waals surface area contributed by atoms with Gasteiger partial charge >= 0.3 is 0 Å². The standard InChI is InChI=1S/C13H19N3O3/c1-10-8-12(16(18)19)9-14-13(10)15-6-3-2-4-11(15)5-7-17/h8-9,11,17H,2-7H2,1H3. The second-order valence-electron chi connectivity index (χ2n) is 4.95. The summed E-state index contributed by atoms with van der Waals surface area (Å²) >= 11 is 0. The first-order chi connectivity index (χ1) is 9.13. The molecule has 0 bridgehead atoms. The molecule has 0 radical (unpaired) electrons. The number of nitrogens with zero attached hydrogens (tertiary/aromatic N) is 3. The third kappa shape index (κ3) is 3.01. The summed E-state index contributed by atoms with van der Waals surface area (Å²) in [5.74, 6) is 0.809. The number of aromatic nitrogens is 1. The van der Waals surface area contributed by atoms with Crippen molar-refractivity contribution in [3.05, 3.63) is 27.9 Å². The lowest BCUT2D eigenvalue weighted by molar-refractivity contribution is -0.385. The van der Waals surface area contributed by atoms with Gasteiger partial charge < -0.3 is 10.0 Å². The molecule has 0 saturated carbocycles. The molecule has 1 fully saturated rings. The number of rotatable bonds is 4. The van der Waals surface area contributed by atoms with E-state index in [9.17, 15) is 10.1 Å². The second kappa shape index (κ2) is 5.97. The number of piperidine rings is 1. The van der Waals surface area contributed by atoms with Gasteiger partial charge in [-0.25, -0.2) is 4.98 Å². The summed E-state index contributed by atoms with van der Waals surface area (Å²) in [5.41, 5.74) is 0.844. The molecule has 2 rings (SSSR count). The average molecular weight is 265 g/mol. The van der Waals surface area contributed by atoms with Gasteiger partial charge in [0.1, 0.15) is 12.0 Å². The highest BCUT2D eigenvalue weighted by atomic mass is 16.6. The minimum absolute atomic E-state index is 0.0250. The monoisotopic (exact) mass is 265 g/mol. The van der Waals surface area contributed by atoms with Crippen molar-refractivity contribution >= 4 is 11.5 Å². The third-order valence-corrected chi connectivity index (χ3v) is 3.61. The minimum Gasteiger partial charge on any atom is -0.396 e. The van der Waals surface area contributed by atoms with E-state index in [1.54, 1.807) is 6.07 Å². The number of nitro groups is 1. The molecule has 1 atom stereocenters. The van der Waals surface area contributed by atoms with E-state index in [1.165, 1.54) is 6.20 Å². The maximum atomic E-state index is 10.7. The van der Waals surface area contributed by atoms with Crippen molar-refractivity contribution in [1.29, 1.82) is 0 Å². The van der Waals surface area contributed by atoms with Crippen LogP contribution in [0.25, 0.3) is 0 Å². The van der Waals surface area contributed by atoms with Gasteiger partial charge in [-0.05, 0) is 38.2 Å². The van der Waals surface area contributed by atoms with E-state index >= 15 is 0 Å². The van der Waals surface area contributed by atoms with E-state index in [1.807, 2.05) is 6.92 Å². The number of pyridine rings is 1. The summed E-state index contributed by atoms with van der Waals surface area (Å²) in [7, 11) is 0. The maximum Gasteiger partial charge on any atom is 0.287 e. The van der Waals surface area contributed by atoms with Gasteiger partial charge in [-0.2, -0.15) is 0 Å². The minimum atomic E-state index is -0.425. The molecule has 2 heterocycles. The molecule has 1 aromatic rings. The Morgan fingerprint density at radius 2 is 2.37 bits per heavy atom. The topological polar surface area (TPSA) is 79.5 Å². The van der Waals surface area contributed by atoms with Crippen molar-refractivity contribution in [3.63, 3.8) is 0 Å². The van der Waals surface area contributed by atoms with E-state index in [0.717, 1.165) is 43.6 Å². The molecule has 1 aliphatic heterocycles. The van der Waals surface area contributed by atoms with Crippen LogP contribution in [0.3, 0.4) is 0 Å². The van der Waals surface area contributed by atoms with Gasteiger partial charge in [0.15, 0.2) is 0 Å². The zero-order valence-corrected chi connectivity index (χ0v) is 11.1. The van der Waals surface area contributed by atoms with Crippen LogP contribution >= 0.6 is 0 Å². The first-order valence-corrected chi connectivity index (χ1v) is 6.62. The summed E-state index contributed by atoms with van der Waals surface area (Å²) in [6, 6.07) is 1.85. The molecule has 0 spiro atoms. The van der Waals surface area contributed by atoms with E-state index in [-0.39, 0.29) is 18.3 Å². The van der Waals surface area contributed by atoms with E-state index in [2.05, 4.69) is 9.88 Å². The van der Waals surface area contributed by atoms with Gasteiger partial charge in [-0.1, -0.05) is 0 Å². The van der Waals surface area contributed by atoms with Gasteiger partial charge in [0.2, 0.25) is 0 Å². The number of hydrogen-bond acceptors (Lipinski definition) is 5. The molecule has 6 heteroatoms. The summed E-state index contributed by atoms with van der Waals surface area (Å²) < 4.78 is 0. The third-order valence-electron chi connectivity index (χ3n) is 3.61. The van der Waals surface area contributed by atoms with Crippen LogP contribution in [-0.2, 0) is 0 Å². The second-order valence-corrected chi connectivity index (χ2v) is 4.95. The lowest BCUT2D eigenvalue weighted by Gasteiger charge is -2.37. The number of aliphatic hydroxyl groups is 1. The van der Waals surface area contributed by atoms with Crippen molar-refractivity contribution < 1.29 is 10.0 Å². The maximum absolute atomic E-state index is 10.7. The van der Waals surface area contributed by atoms with Crippen LogP contribution in [0.1, 0.15) is 31.2 Å². The van der Waals surface area contributed by atoms with Crippen LogP contribution < -0.4 is 4.90 Å². The highest BCUT2D eigenvalue weighted by Crippen LogP contribution is 2.28. The molecule has 1 unspecified atom stereocenters. The van der Waals surface area contributed by atoms with Gasteiger partial charge in [0.25, 0.3) is 5.69 Å². The Hall–Kier alpha value is -1.69. The van der Waals surface area contributed by atoms with E-state index < -0.39 is 4.92 Å². The van der Waals surface area contributed by atoms with Crippen molar-refractivity contribution in [2.75, 3.05) is 18.1 Å². The first-order valence-electron chi connectivity index (χ1n) is 6.62. The summed E-state index contributed by atoms with van der Waals surface area (Å²) in [6.07, 6.45) is 5.33. The molecule has 1 aromatic heterocycles. The molecular formula is C13H19N3O3. The van der Waals surface area contributed by atoms with Crippen LogP contribution in [0.5, 0.6) is 0 Å². The number of hydrogen-bond donors (Lipinski definition) is 1. The Kier molecular flexibility index (Phi) is 4.31. The van der Waals surface area contributed by atoms with E-state index in [4.69, 9.17) is 5.11 Å². The molecule has 19 heavy (non-hydrogen) atoms. The summed E-state index contributed by atoms with van der Waals surface area (Å²) in [4.78, 5) is 16.7. The molecule has 6 nitrogen and oxygen atoms in total. The molecule has 0 aliphatic carbocycles. The fraction of sp³-hybridized carbons (Fsp3) is 0.615. The Bertz CT molecular complexity index is 462. The number of aliphatic hydroxyl groups excluding tert-OH is 1. The van der Waals surface area contributed by atoms with Gasteiger partial charge in [-0.3, -0.25) is 10.1 Å². The van der Waals surface area contributed by atoms with E-state index in [0.29, 0.717) is 0 Å². The molecule has 0 aromatic carbocycles. The molecule has 1 aliphatic rings. The predicted octanol–water partition coefficient (Wildman–Crippen LogP) is 2.04. The van der Waals surface area contributed by atoms with Gasteiger partial charge in [0.05, 0.1) is 4.92 Å². The SMILES string of the molecule is Cc1cc([N+](=O)[O-])cnc1N1CCCCC1CCO. The molecular weight excluding hydrogens is 246 g/mol. The Labute approximate surface area is 112 Å². The fourth-order valence-corrected chi connectivity index (χ4v) is 2.68. The van der Waals surface area contributed by atoms with Crippen LogP contribution in [0, 0.1) is 17.0 Å². The highest BCUT2D eigenvalue weighted by Gasteiger charge is 2.25. The first kappa shape index (κ1) is 13.7. The normalized spacial score (nSPS) is 19.5. The Morgan fingerprint density at radius 1 is 1.58 bits per heavy atom. The Morgan fingerprint density at radius 3 is 3.00 bits per heavy atom. The average Bonchev–Trinajstić information content (AvgIpc) is 2.40. The lowest BCUT2D eigenvalue weighted by Crippen LogP contribution is -2.41. The van der Waals surface area contributed by atoms with Crippen LogP contribution in [-0.4, -0.2) is 34.2 Å². The quantitative estimate of drug-likeness (QED) is 0.665. The Balaban J connectivity index is 2.26. The lowest BCUT2D eigenvalue weighted by atomic mass is 9.99.